The van der Waals surface area contributed by atoms with E-state index in [-0.39, 0.29) is 10.7 Å². The predicted octanol–water partition coefficient (Wildman–Crippen LogP) is 3.30. The van der Waals surface area contributed by atoms with E-state index < -0.39 is 11.7 Å². The molecule has 0 aliphatic heterocycles. The molecule has 0 N–H and O–H groups in total. The van der Waals surface area contributed by atoms with Gasteiger partial charge in [0.2, 0.25) is 0 Å². The molecule has 0 atom stereocenters. The smallest absolute Gasteiger partial charge is 0.284 e. The van der Waals surface area contributed by atoms with E-state index in [0.29, 0.717) is 11.2 Å². The van der Waals surface area contributed by atoms with Crippen LogP contribution in [-0.4, -0.2) is 14.6 Å². The van der Waals surface area contributed by atoms with Crippen LogP contribution in [-0.2, 0) is 11.5 Å². The Bertz CT molecular complexity index is 537. The Kier molecular flexibility index (Phi) is 2.83. The second kappa shape index (κ2) is 3.89. The molecule has 0 amide bonds. The van der Waals surface area contributed by atoms with Crippen LogP contribution >= 0.6 is 27.5 Å². The van der Waals surface area contributed by atoms with Crippen LogP contribution in [0.3, 0.4) is 0 Å². The number of hydrogen-bond donors (Lipinski definition) is 0. The minimum absolute atomic E-state index is 0.0745. The SMILES string of the molecule is FC(F)(F)c1cc(Cl)c2nnc(CBr)n2c1. The lowest BCUT2D eigenvalue weighted by Crippen LogP contribution is -2.07. The van der Waals surface area contributed by atoms with E-state index in [1.807, 2.05) is 0 Å². The summed E-state index contributed by atoms with van der Waals surface area (Å²) in [6, 6.07) is 0.837. The zero-order chi connectivity index (χ0) is 11.9. The van der Waals surface area contributed by atoms with Crippen molar-refractivity contribution in [1.29, 1.82) is 0 Å². The molecule has 0 aromatic carbocycles. The second-order valence-electron chi connectivity index (χ2n) is 3.02. The first-order valence-electron chi connectivity index (χ1n) is 4.10. The molecule has 0 bridgehead atoms. The summed E-state index contributed by atoms with van der Waals surface area (Å²) >= 11 is 8.81. The summed E-state index contributed by atoms with van der Waals surface area (Å²) < 4.78 is 38.8. The molecule has 0 spiro atoms. The Morgan fingerprint density at radius 2 is 2.06 bits per heavy atom. The van der Waals surface area contributed by atoms with Crippen LogP contribution in [0.2, 0.25) is 5.02 Å². The summed E-state index contributed by atoms with van der Waals surface area (Å²) in [6.45, 7) is 0. The average Bonchev–Trinajstić information content (AvgIpc) is 2.59. The molecule has 2 heterocycles. The standard InChI is InChI=1S/C8H4BrClF3N3/c9-2-6-14-15-7-5(10)1-4(3-16(6)7)8(11,12)13/h1,3H,2H2. The molecule has 0 fully saturated rings. The molecule has 0 saturated heterocycles. The van der Waals surface area contributed by atoms with E-state index in [0.717, 1.165) is 12.3 Å². The molecule has 0 unspecified atom stereocenters. The Hall–Kier alpha value is -0.820. The topological polar surface area (TPSA) is 30.2 Å². The highest BCUT2D eigenvalue weighted by molar-refractivity contribution is 9.08. The number of alkyl halides is 4. The molecule has 0 saturated carbocycles. The van der Waals surface area contributed by atoms with Gasteiger partial charge in [0.05, 0.1) is 15.9 Å². The van der Waals surface area contributed by atoms with Crippen molar-refractivity contribution in [3.8, 4) is 0 Å². The lowest BCUT2D eigenvalue weighted by molar-refractivity contribution is -0.137. The predicted molar refractivity (Wildman–Crippen MR) is 55.6 cm³/mol. The molecule has 0 radical (unpaired) electrons. The third kappa shape index (κ3) is 1.89. The Labute approximate surface area is 101 Å². The van der Waals surface area contributed by atoms with E-state index in [1.165, 1.54) is 4.40 Å². The lowest BCUT2D eigenvalue weighted by atomic mass is 10.3. The monoisotopic (exact) mass is 313 g/mol. The number of fused-ring (bicyclic) bond motifs is 1. The van der Waals surface area contributed by atoms with Crippen molar-refractivity contribution in [3.05, 3.63) is 28.7 Å². The molecular formula is C8H4BrClF3N3. The highest BCUT2D eigenvalue weighted by Crippen LogP contribution is 2.32. The Morgan fingerprint density at radius 3 is 2.62 bits per heavy atom. The van der Waals surface area contributed by atoms with Gasteiger partial charge < -0.3 is 0 Å². The van der Waals surface area contributed by atoms with Crippen LogP contribution in [0.4, 0.5) is 13.2 Å². The van der Waals surface area contributed by atoms with Crippen molar-refractivity contribution in [2.24, 2.45) is 0 Å². The van der Waals surface area contributed by atoms with Crippen LogP contribution in [0, 0.1) is 0 Å². The molecule has 3 nitrogen and oxygen atoms in total. The van der Waals surface area contributed by atoms with Gasteiger partial charge in [0.1, 0.15) is 5.82 Å². The zero-order valence-corrected chi connectivity index (χ0v) is 9.94. The van der Waals surface area contributed by atoms with Crippen LogP contribution in [0.1, 0.15) is 11.4 Å². The number of nitrogens with zero attached hydrogens (tertiary/aromatic N) is 3. The van der Waals surface area contributed by atoms with Crippen LogP contribution in [0.25, 0.3) is 5.65 Å². The zero-order valence-electron chi connectivity index (χ0n) is 7.59. The maximum absolute atomic E-state index is 12.5. The molecule has 86 valence electrons. The summed E-state index contributed by atoms with van der Waals surface area (Å²) in [6.07, 6.45) is -3.51. The first-order valence-corrected chi connectivity index (χ1v) is 5.59. The highest BCUT2D eigenvalue weighted by Gasteiger charge is 2.32. The van der Waals surface area contributed by atoms with Crippen molar-refractivity contribution in [2.75, 3.05) is 0 Å². The van der Waals surface area contributed by atoms with E-state index in [9.17, 15) is 13.2 Å². The molecule has 2 rings (SSSR count). The molecule has 2 aromatic rings. The van der Waals surface area contributed by atoms with Gasteiger partial charge in [-0.3, -0.25) is 4.40 Å². The van der Waals surface area contributed by atoms with Gasteiger partial charge in [0.15, 0.2) is 5.65 Å². The summed E-state index contributed by atoms with van der Waals surface area (Å²) in [5, 5.41) is 7.63. The van der Waals surface area contributed by atoms with Gasteiger partial charge in [-0.1, -0.05) is 27.5 Å². The van der Waals surface area contributed by atoms with E-state index in [4.69, 9.17) is 11.6 Å². The van der Waals surface area contributed by atoms with E-state index >= 15 is 0 Å². The Balaban J connectivity index is 2.73. The van der Waals surface area contributed by atoms with Gasteiger partial charge in [-0.2, -0.15) is 13.2 Å². The Morgan fingerprint density at radius 1 is 1.38 bits per heavy atom. The number of rotatable bonds is 1. The fourth-order valence-corrected chi connectivity index (χ4v) is 1.87. The third-order valence-corrected chi connectivity index (χ3v) is 2.76. The summed E-state index contributed by atoms with van der Waals surface area (Å²) in [5.74, 6) is 0.364. The molecule has 16 heavy (non-hydrogen) atoms. The van der Waals surface area contributed by atoms with Gasteiger partial charge in [0.25, 0.3) is 0 Å². The van der Waals surface area contributed by atoms with Crippen LogP contribution < -0.4 is 0 Å². The number of halogens is 5. The molecule has 2 aromatic heterocycles. The van der Waals surface area contributed by atoms with Gasteiger partial charge in [-0.25, -0.2) is 0 Å². The van der Waals surface area contributed by atoms with E-state index in [1.54, 1.807) is 0 Å². The summed E-state index contributed by atoms with van der Waals surface area (Å²) in [7, 11) is 0. The number of aromatic nitrogens is 3. The maximum atomic E-state index is 12.5. The molecular weight excluding hydrogens is 310 g/mol. The van der Waals surface area contributed by atoms with Crippen molar-refractivity contribution >= 4 is 33.2 Å². The minimum Gasteiger partial charge on any atom is -0.284 e. The molecule has 0 aliphatic carbocycles. The first kappa shape index (κ1) is 11.7. The highest BCUT2D eigenvalue weighted by atomic mass is 79.9. The fraction of sp³-hybridized carbons (Fsp3) is 0.250. The van der Waals surface area contributed by atoms with Gasteiger partial charge >= 0.3 is 6.18 Å². The number of pyridine rings is 1. The van der Waals surface area contributed by atoms with Crippen molar-refractivity contribution in [2.45, 2.75) is 11.5 Å². The molecule has 8 heteroatoms. The lowest BCUT2D eigenvalue weighted by Gasteiger charge is -2.08. The van der Waals surface area contributed by atoms with Gasteiger partial charge in [-0.15, -0.1) is 10.2 Å². The van der Waals surface area contributed by atoms with Gasteiger partial charge in [0, 0.05) is 6.20 Å². The third-order valence-electron chi connectivity index (χ3n) is 1.98. The van der Waals surface area contributed by atoms with Crippen molar-refractivity contribution < 1.29 is 13.2 Å². The largest absolute Gasteiger partial charge is 0.417 e. The fourth-order valence-electron chi connectivity index (χ4n) is 1.25. The summed E-state index contributed by atoms with van der Waals surface area (Å²) in [4.78, 5) is 0. The number of hydrogen-bond acceptors (Lipinski definition) is 2. The normalized spacial score (nSPS) is 12.3. The van der Waals surface area contributed by atoms with Gasteiger partial charge in [-0.05, 0) is 6.07 Å². The average molecular weight is 314 g/mol. The maximum Gasteiger partial charge on any atom is 0.417 e. The quantitative estimate of drug-likeness (QED) is 0.756. The first-order chi connectivity index (χ1) is 7.43. The van der Waals surface area contributed by atoms with E-state index in [2.05, 4.69) is 26.1 Å². The minimum atomic E-state index is -4.44. The van der Waals surface area contributed by atoms with Crippen molar-refractivity contribution in [3.63, 3.8) is 0 Å². The summed E-state index contributed by atoms with van der Waals surface area (Å²) in [5.41, 5.74) is -0.615. The van der Waals surface area contributed by atoms with Crippen LogP contribution in [0.5, 0.6) is 0 Å². The molecule has 0 aliphatic rings. The van der Waals surface area contributed by atoms with Crippen molar-refractivity contribution in [1.82, 2.24) is 14.6 Å². The van der Waals surface area contributed by atoms with Crippen LogP contribution in [0.15, 0.2) is 12.3 Å². The second-order valence-corrected chi connectivity index (χ2v) is 3.99.